The second kappa shape index (κ2) is 9.24. The Morgan fingerprint density at radius 3 is 2.07 bits per heavy atom. The van der Waals surface area contributed by atoms with E-state index in [1.54, 1.807) is 12.1 Å². The molecule has 0 aromatic heterocycles. The zero-order valence-electron chi connectivity index (χ0n) is 16.2. The first-order chi connectivity index (χ1) is 13.4. The molecule has 0 spiro atoms. The molecular formula is C22H27NO4S. The van der Waals surface area contributed by atoms with Gasteiger partial charge in [-0.05, 0) is 36.1 Å². The Hall–Kier alpha value is -2.34. The molecule has 1 fully saturated rings. The van der Waals surface area contributed by atoms with Crippen LogP contribution >= 0.6 is 0 Å². The molecule has 0 N–H and O–H groups in total. The predicted octanol–water partition coefficient (Wildman–Crippen LogP) is 4.13. The van der Waals surface area contributed by atoms with Gasteiger partial charge < -0.3 is 9.08 Å². The number of carbonyl (C=O) groups excluding carboxylic acids is 1. The van der Waals surface area contributed by atoms with Gasteiger partial charge in [0.15, 0.2) is 0 Å². The molecule has 5 nitrogen and oxygen atoms in total. The van der Waals surface area contributed by atoms with Crippen molar-refractivity contribution in [2.24, 2.45) is 5.92 Å². The summed E-state index contributed by atoms with van der Waals surface area (Å²) in [4.78, 5) is 15.1. The third-order valence-electron chi connectivity index (χ3n) is 5.03. The Labute approximate surface area is 167 Å². The Morgan fingerprint density at radius 2 is 1.50 bits per heavy atom. The van der Waals surface area contributed by atoms with Gasteiger partial charge in [-0.1, -0.05) is 61.7 Å². The van der Waals surface area contributed by atoms with Gasteiger partial charge >= 0.3 is 10.1 Å². The maximum Gasteiger partial charge on any atom is 0.306 e. The van der Waals surface area contributed by atoms with Gasteiger partial charge in [0.05, 0.1) is 6.26 Å². The lowest BCUT2D eigenvalue weighted by molar-refractivity contribution is -0.137. The SMILES string of the molecule is CS(=O)(=O)Oc1ccc(CN(Cc2ccccc2)C(=O)C2CCCCC2)cc1. The third-order valence-corrected chi connectivity index (χ3v) is 5.52. The topological polar surface area (TPSA) is 63.7 Å². The minimum atomic E-state index is -3.55. The quantitative estimate of drug-likeness (QED) is 0.654. The Bertz CT molecular complexity index is 873. The molecule has 1 amide bonds. The highest BCUT2D eigenvalue weighted by Crippen LogP contribution is 2.27. The summed E-state index contributed by atoms with van der Waals surface area (Å²) in [7, 11) is -3.55. The molecule has 1 saturated carbocycles. The molecule has 3 rings (SSSR count). The van der Waals surface area contributed by atoms with E-state index in [4.69, 9.17) is 4.18 Å². The van der Waals surface area contributed by atoms with Crippen LogP contribution in [0.2, 0.25) is 0 Å². The van der Waals surface area contributed by atoms with Crippen LogP contribution < -0.4 is 4.18 Å². The summed E-state index contributed by atoms with van der Waals surface area (Å²) in [6.45, 7) is 1.06. The standard InChI is InChI=1S/C22H27NO4S/c1-28(25,26)27-21-14-12-19(13-15-21)17-23(16-18-8-4-2-5-9-18)22(24)20-10-6-3-7-11-20/h2,4-5,8-9,12-15,20H,3,6-7,10-11,16-17H2,1H3. The second-order valence-electron chi connectivity index (χ2n) is 7.45. The normalized spacial score (nSPS) is 15.2. The van der Waals surface area contributed by atoms with E-state index >= 15 is 0 Å². The van der Waals surface area contributed by atoms with Gasteiger partial charge in [0.25, 0.3) is 0 Å². The average molecular weight is 402 g/mol. The van der Waals surface area contributed by atoms with Crippen molar-refractivity contribution in [1.29, 1.82) is 0 Å². The molecule has 0 radical (unpaired) electrons. The predicted molar refractivity (Wildman–Crippen MR) is 109 cm³/mol. The second-order valence-corrected chi connectivity index (χ2v) is 9.02. The number of nitrogens with zero attached hydrogens (tertiary/aromatic N) is 1. The van der Waals surface area contributed by atoms with Gasteiger partial charge in [-0.3, -0.25) is 4.79 Å². The average Bonchev–Trinajstić information content (AvgIpc) is 2.69. The number of carbonyl (C=O) groups is 1. The van der Waals surface area contributed by atoms with Gasteiger partial charge in [-0.15, -0.1) is 0 Å². The van der Waals surface area contributed by atoms with Gasteiger partial charge in [0.1, 0.15) is 5.75 Å². The maximum absolute atomic E-state index is 13.2. The molecule has 28 heavy (non-hydrogen) atoms. The smallest absolute Gasteiger partial charge is 0.306 e. The molecule has 1 aliphatic rings. The minimum Gasteiger partial charge on any atom is -0.383 e. The van der Waals surface area contributed by atoms with Gasteiger partial charge in [-0.2, -0.15) is 8.42 Å². The van der Waals surface area contributed by atoms with Gasteiger partial charge in [0.2, 0.25) is 5.91 Å². The van der Waals surface area contributed by atoms with Gasteiger partial charge in [-0.25, -0.2) is 0 Å². The van der Waals surface area contributed by atoms with Crippen LogP contribution in [0.15, 0.2) is 54.6 Å². The molecule has 6 heteroatoms. The van der Waals surface area contributed by atoms with E-state index in [-0.39, 0.29) is 17.6 Å². The molecule has 0 aliphatic heterocycles. The summed E-state index contributed by atoms with van der Waals surface area (Å²) in [5.74, 6) is 0.588. The molecule has 2 aromatic carbocycles. The summed E-state index contributed by atoms with van der Waals surface area (Å²) in [5, 5.41) is 0. The summed E-state index contributed by atoms with van der Waals surface area (Å²) < 4.78 is 27.4. The Kier molecular flexibility index (Phi) is 6.73. The summed E-state index contributed by atoms with van der Waals surface area (Å²) in [6.07, 6.45) is 6.40. The summed E-state index contributed by atoms with van der Waals surface area (Å²) in [6, 6.07) is 16.9. The molecule has 150 valence electrons. The fraction of sp³-hybridized carbons (Fsp3) is 0.409. The van der Waals surface area contributed by atoms with Crippen molar-refractivity contribution in [2.75, 3.05) is 6.26 Å². The van der Waals surface area contributed by atoms with E-state index in [1.807, 2.05) is 47.4 Å². The molecule has 0 bridgehead atoms. The first-order valence-corrected chi connectivity index (χ1v) is 11.5. The van der Waals surface area contributed by atoms with E-state index in [0.717, 1.165) is 43.1 Å². The van der Waals surface area contributed by atoms with Crippen LogP contribution in [0.1, 0.15) is 43.2 Å². The van der Waals surface area contributed by atoms with Crippen LogP contribution in [0.3, 0.4) is 0 Å². The number of amides is 1. The van der Waals surface area contributed by atoms with Crippen molar-refractivity contribution >= 4 is 16.0 Å². The lowest BCUT2D eigenvalue weighted by Gasteiger charge is -2.29. The van der Waals surface area contributed by atoms with Crippen molar-refractivity contribution in [1.82, 2.24) is 4.90 Å². The van der Waals surface area contributed by atoms with Crippen LogP contribution in [-0.2, 0) is 28.0 Å². The van der Waals surface area contributed by atoms with Gasteiger partial charge in [0, 0.05) is 19.0 Å². The summed E-state index contributed by atoms with van der Waals surface area (Å²) >= 11 is 0. The monoisotopic (exact) mass is 401 g/mol. The van der Waals surface area contributed by atoms with Crippen LogP contribution in [0.4, 0.5) is 0 Å². The lowest BCUT2D eigenvalue weighted by atomic mass is 9.88. The highest BCUT2D eigenvalue weighted by Gasteiger charge is 2.26. The highest BCUT2D eigenvalue weighted by atomic mass is 32.2. The fourth-order valence-corrected chi connectivity index (χ4v) is 4.13. The molecule has 0 unspecified atom stereocenters. The Balaban J connectivity index is 1.75. The van der Waals surface area contributed by atoms with E-state index in [0.29, 0.717) is 13.1 Å². The largest absolute Gasteiger partial charge is 0.383 e. The Morgan fingerprint density at radius 1 is 0.929 bits per heavy atom. The van der Waals surface area contributed by atoms with Crippen LogP contribution in [-0.4, -0.2) is 25.5 Å². The third kappa shape index (κ3) is 6.09. The van der Waals surface area contributed by atoms with Crippen molar-refractivity contribution in [2.45, 2.75) is 45.2 Å². The molecule has 0 heterocycles. The van der Waals surface area contributed by atoms with E-state index in [9.17, 15) is 13.2 Å². The first-order valence-electron chi connectivity index (χ1n) is 9.72. The first kappa shape index (κ1) is 20.4. The lowest BCUT2D eigenvalue weighted by Crippen LogP contribution is -2.36. The number of hydrogen-bond donors (Lipinski definition) is 0. The number of benzene rings is 2. The van der Waals surface area contributed by atoms with E-state index < -0.39 is 10.1 Å². The van der Waals surface area contributed by atoms with Crippen LogP contribution in [0.5, 0.6) is 5.75 Å². The zero-order chi connectivity index (χ0) is 20.0. The molecular weight excluding hydrogens is 374 g/mol. The zero-order valence-corrected chi connectivity index (χ0v) is 17.0. The molecule has 0 atom stereocenters. The number of hydrogen-bond acceptors (Lipinski definition) is 4. The molecule has 0 saturated heterocycles. The van der Waals surface area contributed by atoms with Crippen LogP contribution in [0.25, 0.3) is 0 Å². The van der Waals surface area contributed by atoms with E-state index in [2.05, 4.69) is 0 Å². The summed E-state index contributed by atoms with van der Waals surface area (Å²) in [5.41, 5.74) is 2.05. The highest BCUT2D eigenvalue weighted by molar-refractivity contribution is 7.86. The van der Waals surface area contributed by atoms with E-state index in [1.165, 1.54) is 6.42 Å². The molecule has 1 aliphatic carbocycles. The molecule has 2 aromatic rings. The van der Waals surface area contributed by atoms with Crippen molar-refractivity contribution in [3.8, 4) is 5.75 Å². The fourth-order valence-electron chi connectivity index (χ4n) is 3.67. The minimum absolute atomic E-state index is 0.102. The van der Waals surface area contributed by atoms with Crippen molar-refractivity contribution in [3.63, 3.8) is 0 Å². The number of rotatable bonds is 7. The maximum atomic E-state index is 13.2. The van der Waals surface area contributed by atoms with Crippen LogP contribution in [0, 0.1) is 5.92 Å². The van der Waals surface area contributed by atoms with Crippen molar-refractivity contribution in [3.05, 3.63) is 65.7 Å². The van der Waals surface area contributed by atoms with Crippen molar-refractivity contribution < 1.29 is 17.4 Å².